The van der Waals surface area contributed by atoms with E-state index in [4.69, 9.17) is 0 Å². The van der Waals surface area contributed by atoms with Crippen molar-refractivity contribution in [3.8, 4) is 11.1 Å². The summed E-state index contributed by atoms with van der Waals surface area (Å²) in [6, 6.07) is 18.8. The lowest BCUT2D eigenvalue weighted by atomic mass is 9.75. The minimum absolute atomic E-state index is 0.0534. The second kappa shape index (κ2) is 8.42. The monoisotopic (exact) mass is 445 g/mol. The van der Waals surface area contributed by atoms with Gasteiger partial charge in [-0.2, -0.15) is 0 Å². The quantitative estimate of drug-likeness (QED) is 0.565. The number of fused-ring (bicyclic) bond motifs is 5. The molecule has 2 aliphatic carbocycles. The van der Waals surface area contributed by atoms with Gasteiger partial charge in [0.25, 0.3) is 0 Å². The molecule has 6 rings (SSSR count). The summed E-state index contributed by atoms with van der Waals surface area (Å²) >= 11 is 0. The number of nitrogens with one attached hydrogen (secondary N) is 1. The molecular formula is C31H24FNO. The third-order valence-electron chi connectivity index (χ3n) is 7.06. The fourth-order valence-electron chi connectivity index (χ4n) is 5.42. The summed E-state index contributed by atoms with van der Waals surface area (Å²) in [5.74, 6) is -0.281. The van der Waals surface area contributed by atoms with Gasteiger partial charge in [-0.05, 0) is 69.8 Å². The molecule has 1 N–H and O–H groups in total. The van der Waals surface area contributed by atoms with Crippen molar-refractivity contribution in [2.75, 3.05) is 0 Å². The van der Waals surface area contributed by atoms with E-state index in [-0.39, 0.29) is 23.4 Å². The minimum Gasteiger partial charge on any atom is -0.364 e. The van der Waals surface area contributed by atoms with Crippen LogP contribution in [0.5, 0.6) is 0 Å². The van der Waals surface area contributed by atoms with E-state index in [1.54, 1.807) is 6.07 Å². The molecule has 0 fully saturated rings. The highest BCUT2D eigenvalue weighted by atomic mass is 19.1. The molecule has 0 amide bonds. The number of benzene rings is 3. The highest BCUT2D eigenvalue weighted by Crippen LogP contribution is 2.35. The predicted molar refractivity (Wildman–Crippen MR) is 135 cm³/mol. The zero-order valence-corrected chi connectivity index (χ0v) is 18.7. The Morgan fingerprint density at radius 2 is 1.79 bits per heavy atom. The first kappa shape index (κ1) is 20.6. The van der Waals surface area contributed by atoms with Gasteiger partial charge in [0.05, 0.1) is 0 Å². The maximum Gasteiger partial charge on any atom is 0.169 e. The van der Waals surface area contributed by atoms with Crippen LogP contribution in [0.25, 0.3) is 23.3 Å². The van der Waals surface area contributed by atoms with Crippen LogP contribution in [-0.4, -0.2) is 5.78 Å². The molecule has 3 aromatic rings. The van der Waals surface area contributed by atoms with Crippen molar-refractivity contribution in [2.24, 2.45) is 5.92 Å². The van der Waals surface area contributed by atoms with Crippen LogP contribution in [-0.2, 0) is 6.42 Å². The largest absolute Gasteiger partial charge is 0.364 e. The Morgan fingerprint density at radius 1 is 0.912 bits per heavy atom. The van der Waals surface area contributed by atoms with Gasteiger partial charge in [-0.1, -0.05) is 72.8 Å². The van der Waals surface area contributed by atoms with E-state index < -0.39 is 0 Å². The Hall–Kier alpha value is -3.98. The minimum atomic E-state index is -0.243. The summed E-state index contributed by atoms with van der Waals surface area (Å²) in [5, 5.41) is 5.63. The van der Waals surface area contributed by atoms with Crippen molar-refractivity contribution in [1.29, 1.82) is 0 Å². The van der Waals surface area contributed by atoms with E-state index in [0.29, 0.717) is 6.42 Å². The zero-order valence-electron chi connectivity index (χ0n) is 18.7. The summed E-state index contributed by atoms with van der Waals surface area (Å²) in [7, 11) is 0. The molecule has 166 valence electrons. The summed E-state index contributed by atoms with van der Waals surface area (Å²) < 4.78 is 14.1. The van der Waals surface area contributed by atoms with Crippen molar-refractivity contribution in [3.63, 3.8) is 0 Å². The summed E-state index contributed by atoms with van der Waals surface area (Å²) in [6.45, 7) is 0. The van der Waals surface area contributed by atoms with E-state index in [0.717, 1.165) is 44.8 Å². The number of Topliss-reactive ketones (excluding diaryl/α,β-unsaturated/α-hetero) is 1. The van der Waals surface area contributed by atoms with Gasteiger partial charge >= 0.3 is 0 Å². The van der Waals surface area contributed by atoms with Gasteiger partial charge in [-0.15, -0.1) is 0 Å². The maximum absolute atomic E-state index is 14.1. The molecule has 0 bridgehead atoms. The topological polar surface area (TPSA) is 29.1 Å². The molecule has 3 aromatic carbocycles. The number of ketones is 1. The molecule has 0 aromatic heterocycles. The first-order chi connectivity index (χ1) is 16.7. The number of halogens is 1. The van der Waals surface area contributed by atoms with Crippen LogP contribution in [0.2, 0.25) is 0 Å². The van der Waals surface area contributed by atoms with Gasteiger partial charge in [0, 0.05) is 29.3 Å². The third kappa shape index (κ3) is 3.54. The standard InChI is InChI=1S/C31H24FNO/c32-23-12-10-20-11-13-25-24(27(20)19-23)14-15-26-28(25)17-22(31(34)21-7-3-1-4-8-21)18-29(26)30-9-5-2-6-16-33-30/h1-10,12-17,19,22,29,33H,11,18H2. The third-order valence-corrected chi connectivity index (χ3v) is 7.06. The Kier molecular flexibility index (Phi) is 5.10. The molecular weight excluding hydrogens is 421 g/mol. The van der Waals surface area contributed by atoms with Gasteiger partial charge in [0.1, 0.15) is 5.82 Å². The van der Waals surface area contributed by atoms with Crippen LogP contribution in [0.4, 0.5) is 4.39 Å². The zero-order chi connectivity index (χ0) is 23.1. The highest BCUT2D eigenvalue weighted by molar-refractivity contribution is 6.01. The number of carbonyl (C=O) groups is 1. The van der Waals surface area contributed by atoms with Crippen LogP contribution < -0.4 is 15.8 Å². The van der Waals surface area contributed by atoms with Crippen molar-refractivity contribution in [3.05, 3.63) is 130 Å². The summed E-state index contributed by atoms with van der Waals surface area (Å²) in [4.78, 5) is 13.6. The molecule has 34 heavy (non-hydrogen) atoms. The van der Waals surface area contributed by atoms with Crippen LogP contribution in [0, 0.1) is 11.7 Å². The average Bonchev–Trinajstić information content (AvgIpc) is 3.17. The average molecular weight is 446 g/mol. The van der Waals surface area contributed by atoms with Crippen molar-refractivity contribution < 1.29 is 9.18 Å². The molecule has 3 aliphatic rings. The Bertz CT molecular complexity index is 1510. The molecule has 3 heteroatoms. The van der Waals surface area contributed by atoms with Crippen molar-refractivity contribution >= 4 is 17.9 Å². The molecule has 2 atom stereocenters. The SMILES string of the molecule is O=C(c1ccccc1)C1C=c2c(ccc3c2=CCc2ccc(F)cc2-3)C(C2=CC=CC=CN2)C1. The van der Waals surface area contributed by atoms with Crippen LogP contribution >= 0.6 is 0 Å². The van der Waals surface area contributed by atoms with Crippen molar-refractivity contribution in [2.45, 2.75) is 18.8 Å². The molecule has 0 saturated carbocycles. The van der Waals surface area contributed by atoms with Gasteiger partial charge < -0.3 is 5.32 Å². The number of rotatable bonds is 3. The first-order valence-electron chi connectivity index (χ1n) is 11.7. The second-order valence-corrected chi connectivity index (χ2v) is 9.04. The van der Waals surface area contributed by atoms with E-state index >= 15 is 0 Å². The summed E-state index contributed by atoms with van der Waals surface area (Å²) in [6.07, 6.45) is 15.8. The number of carbonyl (C=O) groups excluding carboxylic acids is 1. The molecule has 0 saturated heterocycles. The van der Waals surface area contributed by atoms with E-state index in [9.17, 15) is 9.18 Å². The molecule has 2 nitrogen and oxygen atoms in total. The fraction of sp³-hybridized carbons (Fsp3) is 0.129. The molecule has 0 spiro atoms. The molecule has 1 aliphatic heterocycles. The van der Waals surface area contributed by atoms with E-state index in [1.165, 1.54) is 11.6 Å². The highest BCUT2D eigenvalue weighted by Gasteiger charge is 2.31. The Labute approximate surface area is 198 Å². The van der Waals surface area contributed by atoms with Gasteiger partial charge in [0.15, 0.2) is 5.78 Å². The molecule has 2 unspecified atom stereocenters. The predicted octanol–water partition coefficient (Wildman–Crippen LogP) is 5.15. The smallest absolute Gasteiger partial charge is 0.169 e. The van der Waals surface area contributed by atoms with E-state index in [1.807, 2.05) is 60.8 Å². The number of allylic oxidation sites excluding steroid dienone is 5. The van der Waals surface area contributed by atoms with Crippen LogP contribution in [0.3, 0.4) is 0 Å². The van der Waals surface area contributed by atoms with Gasteiger partial charge in [-0.3, -0.25) is 4.79 Å². The number of hydrogen-bond donors (Lipinski definition) is 1. The molecule has 0 radical (unpaired) electrons. The Balaban J connectivity index is 1.56. The normalized spacial score (nSPS) is 19.9. The van der Waals surface area contributed by atoms with Crippen LogP contribution in [0.1, 0.15) is 33.8 Å². The summed E-state index contributed by atoms with van der Waals surface area (Å²) in [5.41, 5.74) is 6.11. The lowest BCUT2D eigenvalue weighted by molar-refractivity contribution is 0.0944. The maximum atomic E-state index is 14.1. The lowest BCUT2D eigenvalue weighted by Crippen LogP contribution is -2.40. The van der Waals surface area contributed by atoms with Crippen LogP contribution in [0.15, 0.2) is 96.9 Å². The second-order valence-electron chi connectivity index (χ2n) is 9.04. The van der Waals surface area contributed by atoms with Gasteiger partial charge in [0.2, 0.25) is 0 Å². The van der Waals surface area contributed by atoms with Crippen molar-refractivity contribution in [1.82, 2.24) is 5.32 Å². The first-order valence-corrected chi connectivity index (χ1v) is 11.7. The fourth-order valence-corrected chi connectivity index (χ4v) is 5.42. The van der Waals surface area contributed by atoms with Gasteiger partial charge in [-0.25, -0.2) is 4.39 Å². The number of hydrogen-bond acceptors (Lipinski definition) is 2. The molecule has 1 heterocycles. The lowest BCUT2D eigenvalue weighted by Gasteiger charge is -2.30. The Morgan fingerprint density at radius 3 is 2.68 bits per heavy atom. The van der Waals surface area contributed by atoms with E-state index in [2.05, 4.69) is 35.7 Å².